The first-order valence-electron chi connectivity index (χ1n) is 8.93. The van der Waals surface area contributed by atoms with Gasteiger partial charge in [0, 0.05) is 16.1 Å². The van der Waals surface area contributed by atoms with Gasteiger partial charge < -0.3 is 14.2 Å². The third kappa shape index (κ3) is 4.33. The summed E-state index contributed by atoms with van der Waals surface area (Å²) in [6.45, 7) is 0.307. The van der Waals surface area contributed by atoms with E-state index in [9.17, 15) is 4.79 Å². The first-order chi connectivity index (χ1) is 14.4. The highest BCUT2D eigenvalue weighted by atomic mass is 79.9. The zero-order chi connectivity index (χ0) is 21.3. The average molecular weight is 506 g/mol. The second kappa shape index (κ2) is 8.72. The summed E-state index contributed by atoms with van der Waals surface area (Å²) in [4.78, 5) is 12.7. The topological polar surface area (TPSA) is 44.8 Å². The van der Waals surface area contributed by atoms with Crippen molar-refractivity contribution in [3.63, 3.8) is 0 Å². The monoisotopic (exact) mass is 504 g/mol. The molecular formula is C23H15BrCl2O4. The molecular weight excluding hydrogens is 491 g/mol. The van der Waals surface area contributed by atoms with Crippen LogP contribution in [-0.2, 0) is 6.61 Å². The molecule has 7 heteroatoms. The van der Waals surface area contributed by atoms with E-state index in [1.807, 2.05) is 24.3 Å². The Bertz CT molecular complexity index is 1170. The molecule has 1 aliphatic heterocycles. The number of carbonyl (C=O) groups is 1. The number of hydrogen-bond acceptors (Lipinski definition) is 4. The van der Waals surface area contributed by atoms with Crippen LogP contribution >= 0.6 is 39.1 Å². The summed E-state index contributed by atoms with van der Waals surface area (Å²) in [5, 5.41) is 0.963. The Labute approximate surface area is 192 Å². The normalized spacial score (nSPS) is 13.9. The van der Waals surface area contributed by atoms with Crippen LogP contribution in [0.15, 0.2) is 64.8 Å². The number of ether oxygens (including phenoxy) is 3. The smallest absolute Gasteiger partial charge is 0.231 e. The summed E-state index contributed by atoms with van der Waals surface area (Å²) >= 11 is 15.4. The van der Waals surface area contributed by atoms with Gasteiger partial charge in [-0.1, -0.05) is 45.2 Å². The lowest BCUT2D eigenvalue weighted by Crippen LogP contribution is -1.99. The van der Waals surface area contributed by atoms with Gasteiger partial charge in [-0.15, -0.1) is 0 Å². The number of allylic oxidation sites excluding steroid dienone is 1. The fraction of sp³-hybridized carbons (Fsp3) is 0.0870. The van der Waals surface area contributed by atoms with Crippen LogP contribution in [0, 0.1) is 0 Å². The minimum absolute atomic E-state index is 0.192. The highest BCUT2D eigenvalue weighted by molar-refractivity contribution is 9.10. The van der Waals surface area contributed by atoms with Crippen LogP contribution < -0.4 is 14.2 Å². The summed E-state index contributed by atoms with van der Waals surface area (Å²) in [5.41, 5.74) is 2.10. The van der Waals surface area contributed by atoms with Gasteiger partial charge in [0.05, 0.1) is 22.7 Å². The molecule has 152 valence electrons. The van der Waals surface area contributed by atoms with E-state index in [2.05, 4.69) is 15.9 Å². The largest absolute Gasteiger partial charge is 0.496 e. The second-order valence-electron chi connectivity index (χ2n) is 6.52. The van der Waals surface area contributed by atoms with Crippen molar-refractivity contribution >= 4 is 51.0 Å². The van der Waals surface area contributed by atoms with E-state index in [-0.39, 0.29) is 11.5 Å². The van der Waals surface area contributed by atoms with Crippen molar-refractivity contribution in [1.29, 1.82) is 0 Å². The molecule has 0 spiro atoms. The summed E-state index contributed by atoms with van der Waals surface area (Å²) in [5.74, 6) is 1.70. The lowest BCUT2D eigenvalue weighted by molar-refractivity contribution is 0.101. The molecule has 0 saturated heterocycles. The van der Waals surface area contributed by atoms with Gasteiger partial charge in [-0.3, -0.25) is 4.79 Å². The van der Waals surface area contributed by atoms with Crippen molar-refractivity contribution < 1.29 is 19.0 Å². The lowest BCUT2D eigenvalue weighted by Gasteiger charge is -2.08. The third-order valence-electron chi connectivity index (χ3n) is 4.51. The molecule has 0 aromatic heterocycles. The van der Waals surface area contributed by atoms with Crippen molar-refractivity contribution in [2.75, 3.05) is 7.11 Å². The van der Waals surface area contributed by atoms with Crippen LogP contribution in [0.5, 0.6) is 17.2 Å². The fourth-order valence-electron chi connectivity index (χ4n) is 3.01. The van der Waals surface area contributed by atoms with E-state index < -0.39 is 0 Å². The predicted octanol–water partition coefficient (Wildman–Crippen LogP) is 6.96. The summed E-state index contributed by atoms with van der Waals surface area (Å²) in [6, 6.07) is 16.0. The number of benzene rings is 3. The first kappa shape index (κ1) is 20.8. The molecule has 0 saturated carbocycles. The Morgan fingerprint density at radius 2 is 1.87 bits per heavy atom. The SMILES string of the molecule is COc1ccc(Br)cc1C=C1Oc2cc(OCc3ccc(Cl)c(Cl)c3)ccc2C1=O. The molecule has 1 heterocycles. The Morgan fingerprint density at radius 3 is 2.63 bits per heavy atom. The third-order valence-corrected chi connectivity index (χ3v) is 5.74. The summed E-state index contributed by atoms with van der Waals surface area (Å²) in [7, 11) is 1.58. The predicted molar refractivity (Wildman–Crippen MR) is 121 cm³/mol. The highest BCUT2D eigenvalue weighted by Crippen LogP contribution is 2.36. The Balaban J connectivity index is 1.54. The number of hydrogen-bond donors (Lipinski definition) is 0. The minimum atomic E-state index is -0.192. The maximum atomic E-state index is 12.7. The van der Waals surface area contributed by atoms with E-state index in [0.29, 0.717) is 39.5 Å². The Kier molecular flexibility index (Phi) is 6.04. The maximum Gasteiger partial charge on any atom is 0.231 e. The van der Waals surface area contributed by atoms with Crippen LogP contribution in [0.4, 0.5) is 0 Å². The molecule has 3 aromatic rings. The standard InChI is InChI=1S/C23H15BrCl2O4/c1-28-20-7-3-15(24)9-14(20)10-22-23(27)17-5-4-16(11-21(17)30-22)29-12-13-2-6-18(25)19(26)8-13/h2-11H,12H2,1H3. The lowest BCUT2D eigenvalue weighted by atomic mass is 10.1. The van der Waals surface area contributed by atoms with Gasteiger partial charge in [-0.2, -0.15) is 0 Å². The second-order valence-corrected chi connectivity index (χ2v) is 8.25. The van der Waals surface area contributed by atoms with Crippen LogP contribution in [0.3, 0.4) is 0 Å². The van der Waals surface area contributed by atoms with Gasteiger partial charge in [0.2, 0.25) is 5.78 Å². The van der Waals surface area contributed by atoms with Gasteiger partial charge in [0.15, 0.2) is 5.76 Å². The van der Waals surface area contributed by atoms with E-state index in [1.54, 1.807) is 43.5 Å². The number of methoxy groups -OCH3 is 1. The van der Waals surface area contributed by atoms with E-state index >= 15 is 0 Å². The number of halogens is 3. The van der Waals surface area contributed by atoms with E-state index in [4.69, 9.17) is 37.4 Å². The zero-order valence-electron chi connectivity index (χ0n) is 15.7. The molecule has 0 amide bonds. The molecule has 30 heavy (non-hydrogen) atoms. The fourth-order valence-corrected chi connectivity index (χ4v) is 3.71. The van der Waals surface area contributed by atoms with Crippen LogP contribution in [-0.4, -0.2) is 12.9 Å². The molecule has 0 bridgehead atoms. The Hall–Kier alpha value is -2.47. The molecule has 0 aliphatic carbocycles. The summed E-state index contributed by atoms with van der Waals surface area (Å²) < 4.78 is 17.9. The highest BCUT2D eigenvalue weighted by Gasteiger charge is 2.28. The van der Waals surface area contributed by atoms with Gasteiger partial charge in [-0.25, -0.2) is 0 Å². The van der Waals surface area contributed by atoms with Crippen molar-refractivity contribution in [1.82, 2.24) is 0 Å². The molecule has 0 N–H and O–H groups in total. The van der Waals surface area contributed by atoms with Crippen LogP contribution in [0.25, 0.3) is 6.08 Å². The number of Topliss-reactive ketones (excluding diaryl/α,β-unsaturated/α-hetero) is 1. The zero-order valence-corrected chi connectivity index (χ0v) is 18.8. The molecule has 0 fully saturated rings. The maximum absolute atomic E-state index is 12.7. The molecule has 0 radical (unpaired) electrons. The molecule has 4 nitrogen and oxygen atoms in total. The first-order valence-corrected chi connectivity index (χ1v) is 10.5. The van der Waals surface area contributed by atoms with Crippen molar-refractivity contribution in [2.24, 2.45) is 0 Å². The molecule has 3 aromatic carbocycles. The van der Waals surface area contributed by atoms with Crippen molar-refractivity contribution in [2.45, 2.75) is 6.61 Å². The van der Waals surface area contributed by atoms with Gasteiger partial charge in [0.1, 0.15) is 23.9 Å². The summed E-state index contributed by atoms with van der Waals surface area (Å²) in [6.07, 6.45) is 1.67. The van der Waals surface area contributed by atoms with Crippen molar-refractivity contribution in [3.8, 4) is 17.2 Å². The van der Waals surface area contributed by atoms with Gasteiger partial charge >= 0.3 is 0 Å². The Morgan fingerprint density at radius 1 is 1.03 bits per heavy atom. The van der Waals surface area contributed by atoms with E-state index in [1.165, 1.54) is 0 Å². The van der Waals surface area contributed by atoms with Gasteiger partial charge in [-0.05, 0) is 54.1 Å². The molecule has 0 unspecified atom stereocenters. The van der Waals surface area contributed by atoms with Crippen LogP contribution in [0.2, 0.25) is 10.0 Å². The average Bonchev–Trinajstić information content (AvgIpc) is 3.04. The molecule has 4 rings (SSSR count). The number of rotatable bonds is 5. The molecule has 1 aliphatic rings. The van der Waals surface area contributed by atoms with Crippen molar-refractivity contribution in [3.05, 3.63) is 91.6 Å². The van der Waals surface area contributed by atoms with Crippen LogP contribution in [0.1, 0.15) is 21.5 Å². The number of ketones is 1. The van der Waals surface area contributed by atoms with E-state index in [0.717, 1.165) is 15.6 Å². The quantitative estimate of drug-likeness (QED) is 0.351. The minimum Gasteiger partial charge on any atom is -0.496 e. The number of carbonyl (C=O) groups excluding carboxylic acids is 1. The molecule has 0 atom stereocenters. The number of fused-ring (bicyclic) bond motifs is 1. The van der Waals surface area contributed by atoms with Gasteiger partial charge in [0.25, 0.3) is 0 Å².